The highest BCUT2D eigenvalue weighted by Gasteiger charge is 2.21. The van der Waals surface area contributed by atoms with Crippen LogP contribution in [0.15, 0.2) is 0 Å². The van der Waals surface area contributed by atoms with Gasteiger partial charge in [0.25, 0.3) is 0 Å². The van der Waals surface area contributed by atoms with Crippen LogP contribution < -0.4 is 5.73 Å². The molecule has 90 valence electrons. The Morgan fingerprint density at radius 3 is 2.40 bits per heavy atom. The molecular formula is C13H28N2. The monoisotopic (exact) mass is 212 g/mol. The Morgan fingerprint density at radius 1 is 1.20 bits per heavy atom. The average molecular weight is 212 g/mol. The Morgan fingerprint density at radius 2 is 1.87 bits per heavy atom. The van der Waals surface area contributed by atoms with Crippen LogP contribution >= 0.6 is 0 Å². The fourth-order valence-corrected chi connectivity index (χ4v) is 2.46. The maximum atomic E-state index is 5.60. The Balaban J connectivity index is 2.30. The molecule has 0 atom stereocenters. The summed E-state index contributed by atoms with van der Waals surface area (Å²) >= 11 is 0. The summed E-state index contributed by atoms with van der Waals surface area (Å²) in [5.74, 6) is 0.826. The lowest BCUT2D eigenvalue weighted by Crippen LogP contribution is -2.36. The van der Waals surface area contributed by atoms with Gasteiger partial charge in [-0.3, -0.25) is 0 Å². The molecule has 1 rings (SSSR count). The van der Waals surface area contributed by atoms with E-state index in [2.05, 4.69) is 18.7 Å². The Labute approximate surface area is 95.2 Å². The van der Waals surface area contributed by atoms with Gasteiger partial charge in [0, 0.05) is 6.04 Å². The fourth-order valence-electron chi connectivity index (χ4n) is 2.46. The molecule has 0 aromatic rings. The predicted molar refractivity (Wildman–Crippen MR) is 67.0 cm³/mol. The van der Waals surface area contributed by atoms with Gasteiger partial charge in [-0.1, -0.05) is 26.7 Å². The largest absolute Gasteiger partial charge is 0.330 e. The van der Waals surface area contributed by atoms with Crippen LogP contribution in [-0.2, 0) is 0 Å². The van der Waals surface area contributed by atoms with Crippen LogP contribution in [-0.4, -0.2) is 30.6 Å². The Kier molecular flexibility index (Phi) is 6.26. The standard InChI is InChI=1S/C13H28N2/c1-12(2)8-11-15(10-5-9-14)13-6-3-4-7-13/h12-13H,3-11,14H2,1-2H3. The zero-order valence-corrected chi connectivity index (χ0v) is 10.5. The minimum Gasteiger partial charge on any atom is -0.330 e. The average Bonchev–Trinajstić information content (AvgIpc) is 2.71. The quantitative estimate of drug-likeness (QED) is 0.703. The molecule has 1 aliphatic rings. The molecule has 2 nitrogen and oxygen atoms in total. The van der Waals surface area contributed by atoms with E-state index in [1.807, 2.05) is 0 Å². The summed E-state index contributed by atoms with van der Waals surface area (Å²) in [5, 5.41) is 0. The van der Waals surface area contributed by atoms with Crippen molar-refractivity contribution in [3.8, 4) is 0 Å². The molecule has 1 aliphatic carbocycles. The van der Waals surface area contributed by atoms with Gasteiger partial charge in [0.1, 0.15) is 0 Å². The fraction of sp³-hybridized carbons (Fsp3) is 1.00. The SMILES string of the molecule is CC(C)CCN(CCCN)C1CCCC1. The van der Waals surface area contributed by atoms with Crippen molar-refractivity contribution in [3.63, 3.8) is 0 Å². The van der Waals surface area contributed by atoms with Crippen molar-refractivity contribution in [2.75, 3.05) is 19.6 Å². The van der Waals surface area contributed by atoms with Gasteiger partial charge in [0.15, 0.2) is 0 Å². The van der Waals surface area contributed by atoms with Gasteiger partial charge in [-0.15, -0.1) is 0 Å². The molecule has 1 fully saturated rings. The molecule has 2 N–H and O–H groups in total. The van der Waals surface area contributed by atoms with Crippen LogP contribution in [0.2, 0.25) is 0 Å². The zero-order chi connectivity index (χ0) is 11.1. The molecule has 0 amide bonds. The third kappa shape index (κ3) is 4.98. The molecule has 0 spiro atoms. The summed E-state index contributed by atoms with van der Waals surface area (Å²) in [5.41, 5.74) is 5.60. The molecule has 0 radical (unpaired) electrons. The first-order valence-corrected chi connectivity index (χ1v) is 6.68. The molecule has 1 saturated carbocycles. The van der Waals surface area contributed by atoms with Crippen molar-refractivity contribution in [1.82, 2.24) is 4.90 Å². The molecule has 0 saturated heterocycles. The van der Waals surface area contributed by atoms with Crippen molar-refractivity contribution >= 4 is 0 Å². The number of rotatable bonds is 7. The smallest absolute Gasteiger partial charge is 0.00952 e. The van der Waals surface area contributed by atoms with Gasteiger partial charge in [-0.25, -0.2) is 0 Å². The van der Waals surface area contributed by atoms with E-state index in [1.54, 1.807) is 0 Å². The van der Waals surface area contributed by atoms with Gasteiger partial charge in [-0.2, -0.15) is 0 Å². The van der Waals surface area contributed by atoms with E-state index in [1.165, 1.54) is 45.2 Å². The molecule has 2 heteroatoms. The zero-order valence-electron chi connectivity index (χ0n) is 10.5. The van der Waals surface area contributed by atoms with E-state index in [0.717, 1.165) is 24.9 Å². The molecule has 0 aliphatic heterocycles. The van der Waals surface area contributed by atoms with Crippen LogP contribution in [0.4, 0.5) is 0 Å². The van der Waals surface area contributed by atoms with E-state index < -0.39 is 0 Å². The van der Waals surface area contributed by atoms with Crippen molar-refractivity contribution in [3.05, 3.63) is 0 Å². The van der Waals surface area contributed by atoms with Crippen molar-refractivity contribution in [2.45, 2.75) is 58.4 Å². The minimum atomic E-state index is 0.826. The third-order valence-electron chi connectivity index (χ3n) is 3.48. The molecule has 15 heavy (non-hydrogen) atoms. The molecule has 0 bridgehead atoms. The minimum absolute atomic E-state index is 0.826. The number of nitrogens with zero attached hydrogens (tertiary/aromatic N) is 1. The van der Waals surface area contributed by atoms with Gasteiger partial charge < -0.3 is 10.6 Å². The normalized spacial score (nSPS) is 18.2. The van der Waals surface area contributed by atoms with Crippen LogP contribution in [0.1, 0.15) is 52.4 Å². The van der Waals surface area contributed by atoms with Crippen molar-refractivity contribution in [1.29, 1.82) is 0 Å². The summed E-state index contributed by atoms with van der Waals surface area (Å²) < 4.78 is 0. The van der Waals surface area contributed by atoms with Crippen LogP contribution in [0.3, 0.4) is 0 Å². The van der Waals surface area contributed by atoms with Gasteiger partial charge >= 0.3 is 0 Å². The highest BCUT2D eigenvalue weighted by atomic mass is 15.2. The molecule has 0 unspecified atom stereocenters. The Hall–Kier alpha value is -0.0800. The van der Waals surface area contributed by atoms with E-state index >= 15 is 0 Å². The Bertz CT molecular complexity index is 151. The van der Waals surface area contributed by atoms with Crippen LogP contribution in [0, 0.1) is 5.92 Å². The predicted octanol–water partition coefficient (Wildman–Crippen LogP) is 2.63. The number of hydrogen-bond donors (Lipinski definition) is 1. The second-order valence-electron chi connectivity index (χ2n) is 5.30. The van der Waals surface area contributed by atoms with Gasteiger partial charge in [0.05, 0.1) is 0 Å². The highest BCUT2D eigenvalue weighted by Crippen LogP contribution is 2.24. The summed E-state index contributed by atoms with van der Waals surface area (Å²) in [7, 11) is 0. The van der Waals surface area contributed by atoms with Crippen LogP contribution in [0.25, 0.3) is 0 Å². The third-order valence-corrected chi connectivity index (χ3v) is 3.48. The van der Waals surface area contributed by atoms with Gasteiger partial charge in [-0.05, 0) is 51.2 Å². The second kappa shape index (κ2) is 7.24. The lowest BCUT2D eigenvalue weighted by Gasteiger charge is -2.29. The lowest BCUT2D eigenvalue weighted by molar-refractivity contribution is 0.187. The molecular weight excluding hydrogens is 184 g/mol. The molecule has 0 heterocycles. The van der Waals surface area contributed by atoms with Crippen LogP contribution in [0.5, 0.6) is 0 Å². The topological polar surface area (TPSA) is 29.3 Å². The second-order valence-corrected chi connectivity index (χ2v) is 5.30. The molecule has 0 aromatic carbocycles. The van der Waals surface area contributed by atoms with E-state index in [0.29, 0.717) is 0 Å². The summed E-state index contributed by atoms with van der Waals surface area (Å²) in [4.78, 5) is 2.69. The first kappa shape index (κ1) is 13.0. The summed E-state index contributed by atoms with van der Waals surface area (Å²) in [6.45, 7) is 7.96. The highest BCUT2D eigenvalue weighted by molar-refractivity contribution is 4.77. The number of hydrogen-bond acceptors (Lipinski definition) is 2. The van der Waals surface area contributed by atoms with Gasteiger partial charge in [0.2, 0.25) is 0 Å². The number of nitrogens with two attached hydrogens (primary N) is 1. The lowest BCUT2D eigenvalue weighted by atomic mass is 10.1. The summed E-state index contributed by atoms with van der Waals surface area (Å²) in [6.07, 6.45) is 8.21. The summed E-state index contributed by atoms with van der Waals surface area (Å²) in [6, 6.07) is 0.871. The van der Waals surface area contributed by atoms with Crippen molar-refractivity contribution < 1.29 is 0 Å². The van der Waals surface area contributed by atoms with Crippen molar-refractivity contribution in [2.24, 2.45) is 11.7 Å². The first-order chi connectivity index (χ1) is 7.24. The van der Waals surface area contributed by atoms with E-state index in [9.17, 15) is 0 Å². The van der Waals surface area contributed by atoms with E-state index in [-0.39, 0.29) is 0 Å². The first-order valence-electron chi connectivity index (χ1n) is 6.68. The van der Waals surface area contributed by atoms with E-state index in [4.69, 9.17) is 5.73 Å². The molecule has 0 aromatic heterocycles. The maximum Gasteiger partial charge on any atom is 0.00952 e. The maximum absolute atomic E-state index is 5.60.